The molecule has 0 spiro atoms. The Balaban J connectivity index is 0.00000341. The lowest BCUT2D eigenvalue weighted by Crippen LogP contribution is -2.40. The fourth-order valence-electron chi connectivity index (χ4n) is 3.71. The van der Waals surface area contributed by atoms with Gasteiger partial charge in [0.1, 0.15) is 0 Å². The molecule has 1 aliphatic heterocycles. The Morgan fingerprint density at radius 2 is 1.77 bits per heavy atom. The van der Waals surface area contributed by atoms with Gasteiger partial charge in [0.2, 0.25) is 10.0 Å². The van der Waals surface area contributed by atoms with Gasteiger partial charge in [0.05, 0.1) is 11.4 Å². The van der Waals surface area contributed by atoms with Crippen molar-refractivity contribution in [2.24, 2.45) is 10.9 Å². The number of hydrogen-bond acceptors (Lipinski definition) is 3. The Labute approximate surface area is 203 Å². The highest BCUT2D eigenvalue weighted by Gasteiger charge is 2.25. The lowest BCUT2D eigenvalue weighted by atomic mass is 9.99. The number of benzene rings is 2. The van der Waals surface area contributed by atoms with Gasteiger partial charge in [-0.25, -0.2) is 17.7 Å². The molecule has 2 aromatic carbocycles. The molecule has 1 N–H and O–H groups in total. The molecule has 170 valence electrons. The quantitative estimate of drug-likeness (QED) is 0.322. The van der Waals surface area contributed by atoms with Crippen molar-refractivity contribution in [1.82, 2.24) is 14.5 Å². The van der Waals surface area contributed by atoms with E-state index in [-0.39, 0.29) is 24.0 Å². The summed E-state index contributed by atoms with van der Waals surface area (Å²) in [5.74, 6) is 1.56. The van der Waals surface area contributed by atoms with Crippen LogP contribution in [0.5, 0.6) is 0 Å². The number of guanidine groups is 1. The second-order valence-electron chi connectivity index (χ2n) is 7.89. The molecule has 1 heterocycles. The summed E-state index contributed by atoms with van der Waals surface area (Å²) < 4.78 is 25.6. The molecule has 1 saturated heterocycles. The molecule has 2 aromatic rings. The SMILES string of the molecule is CCNC(=NCc1ccc(S(=O)(=O)N(C)C)cc1)N1CCC(Cc2ccccc2)C1.I. The highest BCUT2D eigenvalue weighted by atomic mass is 127. The van der Waals surface area contributed by atoms with E-state index in [1.807, 2.05) is 12.1 Å². The topological polar surface area (TPSA) is 65.0 Å². The number of aliphatic imine (C=N–C) groups is 1. The molecule has 8 heteroatoms. The maximum Gasteiger partial charge on any atom is 0.242 e. The van der Waals surface area contributed by atoms with E-state index in [0.29, 0.717) is 17.4 Å². The molecule has 0 aromatic heterocycles. The van der Waals surface area contributed by atoms with Crippen LogP contribution in [0.2, 0.25) is 0 Å². The molecule has 6 nitrogen and oxygen atoms in total. The van der Waals surface area contributed by atoms with Crippen molar-refractivity contribution in [3.63, 3.8) is 0 Å². The highest BCUT2D eigenvalue weighted by molar-refractivity contribution is 14.0. The summed E-state index contributed by atoms with van der Waals surface area (Å²) in [6.45, 7) is 5.42. The molecule has 0 amide bonds. The van der Waals surface area contributed by atoms with E-state index < -0.39 is 10.0 Å². The summed E-state index contributed by atoms with van der Waals surface area (Å²) in [5, 5.41) is 3.40. The van der Waals surface area contributed by atoms with E-state index in [1.165, 1.54) is 24.0 Å². The molecule has 1 aliphatic rings. The molecule has 1 unspecified atom stereocenters. The Morgan fingerprint density at radius 1 is 1.10 bits per heavy atom. The van der Waals surface area contributed by atoms with Crippen LogP contribution in [0.3, 0.4) is 0 Å². The van der Waals surface area contributed by atoms with Crippen LogP contribution in [0, 0.1) is 5.92 Å². The Morgan fingerprint density at radius 3 is 2.39 bits per heavy atom. The fraction of sp³-hybridized carbons (Fsp3) is 0.435. The first-order valence-corrected chi connectivity index (χ1v) is 11.9. The van der Waals surface area contributed by atoms with Crippen LogP contribution in [0.4, 0.5) is 0 Å². The van der Waals surface area contributed by atoms with Crippen molar-refractivity contribution in [1.29, 1.82) is 0 Å². The normalized spacial score (nSPS) is 17.0. The monoisotopic (exact) mass is 556 g/mol. The minimum atomic E-state index is -3.40. The van der Waals surface area contributed by atoms with Gasteiger partial charge in [-0.05, 0) is 48.9 Å². The van der Waals surface area contributed by atoms with Gasteiger partial charge in [-0.2, -0.15) is 0 Å². The van der Waals surface area contributed by atoms with Crippen molar-refractivity contribution in [3.8, 4) is 0 Å². The van der Waals surface area contributed by atoms with Crippen LogP contribution in [-0.4, -0.2) is 57.3 Å². The summed E-state index contributed by atoms with van der Waals surface area (Å²) in [6.07, 6.45) is 2.26. The first kappa shape index (κ1) is 25.6. The summed E-state index contributed by atoms with van der Waals surface area (Å²) in [7, 11) is -0.324. The number of nitrogens with one attached hydrogen (secondary N) is 1. The number of halogens is 1. The van der Waals surface area contributed by atoms with E-state index in [4.69, 9.17) is 4.99 Å². The lowest BCUT2D eigenvalue weighted by molar-refractivity contribution is 0.460. The molecule has 0 saturated carbocycles. The smallest absolute Gasteiger partial charge is 0.242 e. The maximum atomic E-state index is 12.2. The van der Waals surface area contributed by atoms with E-state index in [0.717, 1.165) is 44.0 Å². The van der Waals surface area contributed by atoms with Crippen LogP contribution in [0.15, 0.2) is 64.5 Å². The number of rotatable bonds is 7. The van der Waals surface area contributed by atoms with Crippen LogP contribution in [0.25, 0.3) is 0 Å². The second-order valence-corrected chi connectivity index (χ2v) is 10.0. The van der Waals surface area contributed by atoms with Gasteiger partial charge < -0.3 is 10.2 Å². The molecule has 3 rings (SSSR count). The predicted octanol–water partition coefficient (Wildman–Crippen LogP) is 3.59. The molecule has 0 aliphatic carbocycles. The molecule has 0 bridgehead atoms. The zero-order chi connectivity index (χ0) is 21.6. The summed E-state index contributed by atoms with van der Waals surface area (Å²) >= 11 is 0. The molecular formula is C23H33IN4O2S. The van der Waals surface area contributed by atoms with Crippen molar-refractivity contribution < 1.29 is 8.42 Å². The minimum absolute atomic E-state index is 0. The fourth-order valence-corrected chi connectivity index (χ4v) is 4.61. The summed E-state index contributed by atoms with van der Waals surface area (Å²) in [5.41, 5.74) is 2.38. The van der Waals surface area contributed by atoms with Gasteiger partial charge in [0, 0.05) is 33.7 Å². The van der Waals surface area contributed by atoms with Crippen molar-refractivity contribution >= 4 is 40.0 Å². The third kappa shape index (κ3) is 6.92. The van der Waals surface area contributed by atoms with Gasteiger partial charge in [-0.15, -0.1) is 24.0 Å². The third-order valence-electron chi connectivity index (χ3n) is 5.40. The first-order chi connectivity index (χ1) is 14.4. The maximum absolute atomic E-state index is 12.2. The number of likely N-dealkylation sites (tertiary alicyclic amines) is 1. The van der Waals surface area contributed by atoms with Gasteiger partial charge in [0.25, 0.3) is 0 Å². The minimum Gasteiger partial charge on any atom is -0.357 e. The molecule has 1 atom stereocenters. The third-order valence-corrected chi connectivity index (χ3v) is 7.23. The van der Waals surface area contributed by atoms with Crippen LogP contribution in [0.1, 0.15) is 24.5 Å². The van der Waals surface area contributed by atoms with E-state index in [2.05, 4.69) is 47.5 Å². The van der Waals surface area contributed by atoms with Crippen LogP contribution in [-0.2, 0) is 23.0 Å². The molecule has 0 radical (unpaired) electrons. The van der Waals surface area contributed by atoms with Crippen LogP contribution < -0.4 is 5.32 Å². The highest BCUT2D eigenvalue weighted by Crippen LogP contribution is 2.21. The summed E-state index contributed by atoms with van der Waals surface area (Å²) in [6, 6.07) is 17.6. The summed E-state index contributed by atoms with van der Waals surface area (Å²) in [4.78, 5) is 7.44. The van der Waals surface area contributed by atoms with Gasteiger partial charge in [0.15, 0.2) is 5.96 Å². The number of sulfonamides is 1. The largest absolute Gasteiger partial charge is 0.357 e. The number of nitrogens with zero attached hydrogens (tertiary/aromatic N) is 3. The Kier molecular flexibility index (Phi) is 9.77. The molecule has 1 fully saturated rings. The standard InChI is InChI=1S/C23H32N4O2S.HI/c1-4-24-23(27-15-14-21(18-27)16-19-8-6-5-7-9-19)25-17-20-10-12-22(13-11-20)30(28,29)26(2)3;/h5-13,21H,4,14-18H2,1-3H3,(H,24,25);1H. The average molecular weight is 557 g/mol. The molecular weight excluding hydrogens is 523 g/mol. The lowest BCUT2D eigenvalue weighted by Gasteiger charge is -2.22. The molecule has 31 heavy (non-hydrogen) atoms. The average Bonchev–Trinajstić information content (AvgIpc) is 3.20. The second kappa shape index (κ2) is 11.8. The predicted molar refractivity (Wildman–Crippen MR) is 137 cm³/mol. The van der Waals surface area contributed by atoms with Crippen molar-refractivity contribution in [2.75, 3.05) is 33.7 Å². The zero-order valence-corrected chi connectivity index (χ0v) is 21.6. The van der Waals surface area contributed by atoms with Crippen LogP contribution >= 0.6 is 24.0 Å². The zero-order valence-electron chi connectivity index (χ0n) is 18.5. The Bertz CT molecular complexity index is 947. The van der Waals surface area contributed by atoms with E-state index in [1.54, 1.807) is 12.1 Å². The van der Waals surface area contributed by atoms with Crippen molar-refractivity contribution in [2.45, 2.75) is 31.2 Å². The van der Waals surface area contributed by atoms with Crippen molar-refractivity contribution in [3.05, 3.63) is 65.7 Å². The van der Waals surface area contributed by atoms with E-state index in [9.17, 15) is 8.42 Å². The van der Waals surface area contributed by atoms with Gasteiger partial charge in [-0.1, -0.05) is 42.5 Å². The van der Waals surface area contributed by atoms with Gasteiger partial charge in [-0.3, -0.25) is 0 Å². The number of hydrogen-bond donors (Lipinski definition) is 1. The van der Waals surface area contributed by atoms with E-state index >= 15 is 0 Å². The first-order valence-electron chi connectivity index (χ1n) is 10.5. The van der Waals surface area contributed by atoms with Gasteiger partial charge >= 0.3 is 0 Å². The Hall–Kier alpha value is -1.65.